The van der Waals surface area contributed by atoms with E-state index in [1.165, 1.54) is 0 Å². The first-order valence-corrected chi connectivity index (χ1v) is 8.72. The fourth-order valence-electron chi connectivity index (χ4n) is 3.00. The third kappa shape index (κ3) is 4.02. The number of ether oxygens (including phenoxy) is 2. The van der Waals surface area contributed by atoms with E-state index in [9.17, 15) is 0 Å². The van der Waals surface area contributed by atoms with Crippen molar-refractivity contribution >= 4 is 17.5 Å². The van der Waals surface area contributed by atoms with Gasteiger partial charge in [-0.15, -0.1) is 0 Å². The molecule has 1 fully saturated rings. The van der Waals surface area contributed by atoms with Gasteiger partial charge < -0.3 is 20.1 Å². The molecule has 0 aromatic carbocycles. The number of aromatic nitrogens is 3. The lowest BCUT2D eigenvalue weighted by atomic mass is 9.93. The summed E-state index contributed by atoms with van der Waals surface area (Å²) < 4.78 is 11.7. The Kier molecular flexibility index (Phi) is 5.01. The maximum Gasteiger partial charge on any atom is 0.228 e. The van der Waals surface area contributed by atoms with Crippen molar-refractivity contribution in [3.63, 3.8) is 0 Å². The van der Waals surface area contributed by atoms with Gasteiger partial charge in [-0.2, -0.15) is 15.0 Å². The smallest absolute Gasteiger partial charge is 0.228 e. The van der Waals surface area contributed by atoms with Crippen LogP contribution in [-0.2, 0) is 9.47 Å². The molecule has 0 unspecified atom stereocenters. The molecule has 1 aromatic heterocycles. The van der Waals surface area contributed by atoms with E-state index in [1.807, 2.05) is 0 Å². The quantitative estimate of drug-likeness (QED) is 0.857. The molecule has 1 aliphatic carbocycles. The van der Waals surface area contributed by atoms with Gasteiger partial charge in [0.2, 0.25) is 11.9 Å². The highest BCUT2D eigenvalue weighted by atomic mass is 16.7. The van der Waals surface area contributed by atoms with Crippen LogP contribution >= 0.6 is 0 Å². The molecule has 0 saturated carbocycles. The Bertz CT molecular complexity index is 581. The summed E-state index contributed by atoms with van der Waals surface area (Å²) in [6, 6.07) is 0.501. The van der Waals surface area contributed by atoms with Gasteiger partial charge in [-0.1, -0.05) is 6.08 Å². The lowest BCUT2D eigenvalue weighted by Gasteiger charge is -2.31. The lowest BCUT2D eigenvalue weighted by molar-refractivity contribution is -0.158. The largest absolute Gasteiger partial charge is 0.352 e. The van der Waals surface area contributed by atoms with Crippen molar-refractivity contribution in [3.8, 4) is 0 Å². The van der Waals surface area contributed by atoms with Crippen LogP contribution in [0.15, 0.2) is 6.08 Å². The molecule has 132 valence electrons. The molecule has 0 bridgehead atoms. The Morgan fingerprint density at radius 1 is 0.958 bits per heavy atom. The first-order valence-electron chi connectivity index (χ1n) is 8.72. The monoisotopic (exact) mass is 333 g/mol. The molecule has 1 saturated heterocycles. The second kappa shape index (κ2) is 7.03. The number of rotatable bonds is 5. The molecule has 1 aromatic rings. The normalized spacial score (nSPS) is 19.8. The van der Waals surface area contributed by atoms with Crippen molar-refractivity contribution in [1.29, 1.82) is 0 Å². The molecule has 7 heteroatoms. The van der Waals surface area contributed by atoms with Crippen LogP contribution in [0.25, 0.3) is 5.57 Å². The minimum absolute atomic E-state index is 0.250. The average molecular weight is 333 g/mol. The van der Waals surface area contributed by atoms with Crippen molar-refractivity contribution in [2.45, 2.75) is 64.8 Å². The van der Waals surface area contributed by atoms with E-state index in [2.05, 4.69) is 59.4 Å². The zero-order valence-corrected chi connectivity index (χ0v) is 14.9. The fraction of sp³-hybridized carbons (Fsp3) is 0.706. The van der Waals surface area contributed by atoms with Crippen molar-refractivity contribution in [2.75, 3.05) is 23.8 Å². The molecule has 2 N–H and O–H groups in total. The van der Waals surface area contributed by atoms with Crippen molar-refractivity contribution < 1.29 is 9.47 Å². The van der Waals surface area contributed by atoms with Crippen LogP contribution in [-0.4, -0.2) is 46.0 Å². The maximum atomic E-state index is 5.86. The van der Waals surface area contributed by atoms with E-state index >= 15 is 0 Å². The van der Waals surface area contributed by atoms with Crippen LogP contribution in [0, 0.1) is 0 Å². The van der Waals surface area contributed by atoms with Gasteiger partial charge >= 0.3 is 0 Å². The first kappa shape index (κ1) is 17.1. The summed E-state index contributed by atoms with van der Waals surface area (Å²) in [7, 11) is 0. The lowest BCUT2D eigenvalue weighted by Crippen LogP contribution is -2.32. The Morgan fingerprint density at radius 2 is 1.54 bits per heavy atom. The number of nitrogens with zero attached hydrogens (tertiary/aromatic N) is 3. The molecule has 0 radical (unpaired) electrons. The SMILES string of the molecule is CC(C)Nc1nc(NC(C)C)nc(C2=CCCC3(C2)OCCO3)n1. The fourth-order valence-corrected chi connectivity index (χ4v) is 3.00. The number of hydrogen-bond donors (Lipinski definition) is 2. The molecule has 0 amide bonds. The van der Waals surface area contributed by atoms with Gasteiger partial charge in [-0.25, -0.2) is 0 Å². The van der Waals surface area contributed by atoms with Crippen LogP contribution < -0.4 is 10.6 Å². The predicted molar refractivity (Wildman–Crippen MR) is 93.8 cm³/mol. The Morgan fingerprint density at radius 3 is 2.08 bits per heavy atom. The number of anilines is 2. The van der Waals surface area contributed by atoms with E-state index in [0.717, 1.165) is 18.4 Å². The van der Waals surface area contributed by atoms with Crippen molar-refractivity contribution in [1.82, 2.24) is 15.0 Å². The van der Waals surface area contributed by atoms with Gasteiger partial charge in [0.05, 0.1) is 13.2 Å². The summed E-state index contributed by atoms with van der Waals surface area (Å²) in [6.07, 6.45) is 4.65. The van der Waals surface area contributed by atoms with Crippen molar-refractivity contribution in [2.24, 2.45) is 0 Å². The Labute approximate surface area is 143 Å². The van der Waals surface area contributed by atoms with Crippen molar-refractivity contribution in [3.05, 3.63) is 11.9 Å². The Balaban J connectivity index is 1.89. The average Bonchev–Trinajstić information content (AvgIpc) is 2.93. The van der Waals surface area contributed by atoms with Crippen LogP contribution in [0.2, 0.25) is 0 Å². The standard InChI is InChI=1S/C17H27N5O2/c1-11(2)18-15-20-14(21-16(22-15)19-12(3)4)13-6-5-7-17(10-13)23-8-9-24-17/h6,11-12H,5,7-10H2,1-4H3,(H2,18,19,20,21,22). The van der Waals surface area contributed by atoms with E-state index < -0.39 is 5.79 Å². The second-order valence-corrected chi connectivity index (χ2v) is 6.96. The van der Waals surface area contributed by atoms with Gasteiger partial charge in [0, 0.05) is 24.9 Å². The second-order valence-electron chi connectivity index (χ2n) is 6.96. The summed E-state index contributed by atoms with van der Waals surface area (Å²) >= 11 is 0. The van der Waals surface area contributed by atoms with E-state index in [4.69, 9.17) is 9.47 Å². The maximum absolute atomic E-state index is 5.86. The van der Waals surface area contributed by atoms with Crippen LogP contribution in [0.3, 0.4) is 0 Å². The van der Waals surface area contributed by atoms with E-state index in [-0.39, 0.29) is 12.1 Å². The number of allylic oxidation sites excluding steroid dienone is 1. The Hall–Kier alpha value is -1.73. The summed E-state index contributed by atoms with van der Waals surface area (Å²) in [5.74, 6) is 1.38. The minimum Gasteiger partial charge on any atom is -0.352 e. The summed E-state index contributed by atoms with van der Waals surface area (Å²) in [5, 5.41) is 6.53. The van der Waals surface area contributed by atoms with Crippen LogP contribution in [0.5, 0.6) is 0 Å². The van der Waals surface area contributed by atoms with Crippen LogP contribution in [0.1, 0.15) is 52.8 Å². The molecule has 2 aliphatic rings. The highest BCUT2D eigenvalue weighted by Gasteiger charge is 2.39. The highest BCUT2D eigenvalue weighted by molar-refractivity contribution is 5.63. The van der Waals surface area contributed by atoms with Gasteiger partial charge in [-0.05, 0) is 39.7 Å². The molecule has 1 spiro atoms. The first-order chi connectivity index (χ1) is 11.5. The van der Waals surface area contributed by atoms with E-state index in [1.54, 1.807) is 0 Å². The number of nitrogens with one attached hydrogen (secondary N) is 2. The predicted octanol–water partition coefficient (Wildman–Crippen LogP) is 2.82. The third-order valence-corrected chi connectivity index (χ3v) is 3.95. The van der Waals surface area contributed by atoms with Gasteiger partial charge in [-0.3, -0.25) is 0 Å². The van der Waals surface area contributed by atoms with Gasteiger partial charge in [0.25, 0.3) is 0 Å². The minimum atomic E-state index is -0.492. The van der Waals surface area contributed by atoms with Gasteiger partial charge in [0.1, 0.15) is 0 Å². The summed E-state index contributed by atoms with van der Waals surface area (Å²) in [6.45, 7) is 9.57. The zero-order chi connectivity index (χ0) is 17.2. The molecule has 1 aliphatic heterocycles. The highest BCUT2D eigenvalue weighted by Crippen LogP contribution is 2.38. The zero-order valence-electron chi connectivity index (χ0n) is 14.9. The third-order valence-electron chi connectivity index (χ3n) is 3.95. The molecule has 0 atom stereocenters. The molecular weight excluding hydrogens is 306 g/mol. The number of hydrogen-bond acceptors (Lipinski definition) is 7. The molecule has 2 heterocycles. The molecular formula is C17H27N5O2. The summed E-state index contributed by atoms with van der Waals surface area (Å²) in [4.78, 5) is 13.7. The molecule has 7 nitrogen and oxygen atoms in total. The molecule has 3 rings (SSSR count). The molecule has 24 heavy (non-hydrogen) atoms. The van der Waals surface area contributed by atoms with Crippen LogP contribution in [0.4, 0.5) is 11.9 Å². The van der Waals surface area contributed by atoms with Gasteiger partial charge in [0.15, 0.2) is 11.6 Å². The van der Waals surface area contributed by atoms with E-state index in [0.29, 0.717) is 37.4 Å². The topological polar surface area (TPSA) is 81.2 Å². The summed E-state index contributed by atoms with van der Waals surface area (Å²) in [5.41, 5.74) is 1.06.